The van der Waals surface area contributed by atoms with E-state index in [2.05, 4.69) is 16.7 Å². The predicted molar refractivity (Wildman–Crippen MR) is 79.3 cm³/mol. The van der Waals surface area contributed by atoms with Crippen LogP contribution >= 0.6 is 0 Å². The van der Waals surface area contributed by atoms with Crippen molar-refractivity contribution in [2.45, 2.75) is 26.2 Å². The molecule has 3 rings (SSSR count). The fourth-order valence-corrected chi connectivity index (χ4v) is 2.42. The third-order valence-corrected chi connectivity index (χ3v) is 3.54. The molecule has 0 saturated heterocycles. The molecule has 104 valence electrons. The molecule has 0 bridgehead atoms. The van der Waals surface area contributed by atoms with Crippen molar-refractivity contribution in [3.05, 3.63) is 47.4 Å². The van der Waals surface area contributed by atoms with Gasteiger partial charge >= 0.3 is 0 Å². The van der Waals surface area contributed by atoms with Crippen molar-refractivity contribution in [2.75, 3.05) is 17.2 Å². The highest BCUT2D eigenvalue weighted by Gasteiger charge is 2.13. The van der Waals surface area contributed by atoms with Crippen LogP contribution in [0.4, 0.5) is 11.4 Å². The van der Waals surface area contributed by atoms with E-state index in [9.17, 15) is 4.79 Å². The van der Waals surface area contributed by atoms with Gasteiger partial charge in [-0.3, -0.25) is 4.79 Å². The van der Waals surface area contributed by atoms with Crippen LogP contribution in [0.2, 0.25) is 0 Å². The summed E-state index contributed by atoms with van der Waals surface area (Å²) in [7, 11) is 0. The van der Waals surface area contributed by atoms with Crippen LogP contribution in [0.15, 0.2) is 34.7 Å². The summed E-state index contributed by atoms with van der Waals surface area (Å²) in [6, 6.07) is 9.54. The Kier molecular flexibility index (Phi) is 3.46. The number of furan rings is 1. The first kappa shape index (κ1) is 12.8. The van der Waals surface area contributed by atoms with Crippen molar-refractivity contribution in [3.8, 4) is 0 Å². The molecule has 1 amide bonds. The van der Waals surface area contributed by atoms with E-state index in [4.69, 9.17) is 4.42 Å². The molecule has 0 atom stereocenters. The number of amides is 1. The lowest BCUT2D eigenvalue weighted by atomic mass is 10.0. The van der Waals surface area contributed by atoms with Crippen molar-refractivity contribution < 1.29 is 9.21 Å². The van der Waals surface area contributed by atoms with Gasteiger partial charge in [0, 0.05) is 24.3 Å². The largest absolute Gasteiger partial charge is 0.456 e. The molecular weight excluding hydrogens is 252 g/mol. The van der Waals surface area contributed by atoms with Gasteiger partial charge in [0.1, 0.15) is 5.76 Å². The molecule has 1 aliphatic rings. The Morgan fingerprint density at radius 1 is 1.35 bits per heavy atom. The molecule has 2 heterocycles. The van der Waals surface area contributed by atoms with E-state index in [1.54, 1.807) is 6.07 Å². The first-order valence-corrected chi connectivity index (χ1v) is 7.03. The number of nitrogens with one attached hydrogen (secondary N) is 2. The van der Waals surface area contributed by atoms with Gasteiger partial charge in [-0.15, -0.1) is 0 Å². The van der Waals surface area contributed by atoms with Gasteiger partial charge in [-0.25, -0.2) is 0 Å². The van der Waals surface area contributed by atoms with Gasteiger partial charge in [0.05, 0.1) is 0 Å². The van der Waals surface area contributed by atoms with Gasteiger partial charge in [-0.2, -0.15) is 0 Å². The van der Waals surface area contributed by atoms with E-state index in [0.29, 0.717) is 5.76 Å². The van der Waals surface area contributed by atoms with Gasteiger partial charge < -0.3 is 15.1 Å². The lowest BCUT2D eigenvalue weighted by molar-refractivity contribution is 0.0995. The van der Waals surface area contributed by atoms with Crippen LogP contribution in [0.3, 0.4) is 0 Å². The molecule has 4 nitrogen and oxygen atoms in total. The summed E-state index contributed by atoms with van der Waals surface area (Å²) in [6.45, 7) is 2.98. The standard InChI is InChI=1S/C16H18N2O2/c1-2-13-7-8-15(20-13)16(19)18-12-6-5-11-4-3-9-17-14(11)10-12/h5-8,10,17H,2-4,9H2,1H3,(H,18,19). The molecule has 1 aromatic carbocycles. The smallest absolute Gasteiger partial charge is 0.291 e. The maximum Gasteiger partial charge on any atom is 0.291 e. The zero-order valence-corrected chi connectivity index (χ0v) is 11.5. The average Bonchev–Trinajstić information content (AvgIpc) is 2.96. The number of aryl methyl sites for hydroxylation is 2. The van der Waals surface area contributed by atoms with Crippen LogP contribution in [0.5, 0.6) is 0 Å². The maximum absolute atomic E-state index is 12.1. The number of carbonyl (C=O) groups is 1. The molecule has 1 aromatic heterocycles. The monoisotopic (exact) mass is 270 g/mol. The van der Waals surface area contributed by atoms with Crippen LogP contribution in [0.1, 0.15) is 35.2 Å². The second-order valence-electron chi connectivity index (χ2n) is 4.98. The molecule has 0 saturated carbocycles. The lowest BCUT2D eigenvalue weighted by Crippen LogP contribution is -2.14. The zero-order chi connectivity index (χ0) is 13.9. The highest BCUT2D eigenvalue weighted by molar-refractivity contribution is 6.02. The van der Waals surface area contributed by atoms with Gasteiger partial charge in [0.15, 0.2) is 5.76 Å². The third-order valence-electron chi connectivity index (χ3n) is 3.54. The Morgan fingerprint density at radius 2 is 2.25 bits per heavy atom. The summed E-state index contributed by atoms with van der Waals surface area (Å²) in [4.78, 5) is 12.1. The summed E-state index contributed by atoms with van der Waals surface area (Å²) in [5.41, 5.74) is 3.21. The highest BCUT2D eigenvalue weighted by atomic mass is 16.3. The van der Waals surface area contributed by atoms with Crippen molar-refractivity contribution in [2.24, 2.45) is 0 Å². The minimum absolute atomic E-state index is 0.208. The van der Waals surface area contributed by atoms with E-state index < -0.39 is 0 Å². The number of benzene rings is 1. The normalized spacial score (nSPS) is 13.4. The Bertz CT molecular complexity index is 631. The molecule has 2 N–H and O–H groups in total. The lowest BCUT2D eigenvalue weighted by Gasteiger charge is -2.18. The minimum Gasteiger partial charge on any atom is -0.456 e. The van der Waals surface area contributed by atoms with Crippen molar-refractivity contribution in [1.82, 2.24) is 0 Å². The molecule has 4 heteroatoms. The molecular formula is C16H18N2O2. The average molecular weight is 270 g/mol. The second-order valence-corrected chi connectivity index (χ2v) is 4.98. The van der Waals surface area contributed by atoms with E-state index >= 15 is 0 Å². The molecule has 0 radical (unpaired) electrons. The van der Waals surface area contributed by atoms with Crippen LogP contribution in [-0.2, 0) is 12.8 Å². The third kappa shape index (κ3) is 2.54. The molecule has 0 aliphatic carbocycles. The number of carbonyl (C=O) groups excluding carboxylic acids is 1. The van der Waals surface area contributed by atoms with Crippen LogP contribution < -0.4 is 10.6 Å². The first-order valence-electron chi connectivity index (χ1n) is 7.03. The highest BCUT2D eigenvalue weighted by Crippen LogP contribution is 2.25. The quantitative estimate of drug-likeness (QED) is 0.898. The summed E-state index contributed by atoms with van der Waals surface area (Å²) in [6.07, 6.45) is 3.04. The fourth-order valence-electron chi connectivity index (χ4n) is 2.42. The summed E-state index contributed by atoms with van der Waals surface area (Å²) in [5.74, 6) is 0.968. The van der Waals surface area contributed by atoms with E-state index in [1.165, 1.54) is 5.56 Å². The number of anilines is 2. The number of rotatable bonds is 3. The van der Waals surface area contributed by atoms with Crippen molar-refractivity contribution in [1.29, 1.82) is 0 Å². The Hall–Kier alpha value is -2.23. The molecule has 0 fully saturated rings. The predicted octanol–water partition coefficient (Wildman–Crippen LogP) is 3.45. The van der Waals surface area contributed by atoms with E-state index in [0.717, 1.165) is 42.9 Å². The van der Waals surface area contributed by atoms with Gasteiger partial charge in [-0.05, 0) is 42.7 Å². The molecule has 0 unspecified atom stereocenters. The Balaban J connectivity index is 1.75. The first-order chi connectivity index (χ1) is 9.76. The zero-order valence-electron chi connectivity index (χ0n) is 11.5. The Labute approximate surface area is 118 Å². The summed E-state index contributed by atoms with van der Waals surface area (Å²) in [5, 5.41) is 6.23. The molecule has 20 heavy (non-hydrogen) atoms. The topological polar surface area (TPSA) is 54.3 Å². The molecule has 2 aromatic rings. The van der Waals surface area contributed by atoms with Crippen LogP contribution in [0, 0.1) is 0 Å². The van der Waals surface area contributed by atoms with Crippen molar-refractivity contribution in [3.63, 3.8) is 0 Å². The van der Waals surface area contributed by atoms with Gasteiger partial charge in [-0.1, -0.05) is 13.0 Å². The van der Waals surface area contributed by atoms with Crippen molar-refractivity contribution >= 4 is 17.3 Å². The number of hydrogen-bond acceptors (Lipinski definition) is 3. The summed E-state index contributed by atoms with van der Waals surface area (Å²) >= 11 is 0. The minimum atomic E-state index is -0.208. The van der Waals surface area contributed by atoms with Crippen LogP contribution in [0.25, 0.3) is 0 Å². The second kappa shape index (κ2) is 5.41. The fraction of sp³-hybridized carbons (Fsp3) is 0.312. The SMILES string of the molecule is CCc1ccc(C(=O)Nc2ccc3c(c2)NCCC3)o1. The van der Waals surface area contributed by atoms with E-state index in [1.807, 2.05) is 25.1 Å². The number of fused-ring (bicyclic) bond motifs is 1. The van der Waals surface area contributed by atoms with Gasteiger partial charge in [0.25, 0.3) is 5.91 Å². The molecule has 0 spiro atoms. The van der Waals surface area contributed by atoms with Crippen LogP contribution in [-0.4, -0.2) is 12.5 Å². The molecule has 1 aliphatic heterocycles. The Morgan fingerprint density at radius 3 is 3.05 bits per heavy atom. The number of hydrogen-bond donors (Lipinski definition) is 2. The summed E-state index contributed by atoms with van der Waals surface area (Å²) < 4.78 is 5.45. The maximum atomic E-state index is 12.1. The van der Waals surface area contributed by atoms with Gasteiger partial charge in [0.2, 0.25) is 0 Å². The van der Waals surface area contributed by atoms with E-state index in [-0.39, 0.29) is 5.91 Å².